The van der Waals surface area contributed by atoms with E-state index in [-0.39, 0.29) is 31.6 Å². The van der Waals surface area contributed by atoms with Crippen LogP contribution in [0.1, 0.15) is 20.3 Å². The van der Waals surface area contributed by atoms with Crippen molar-refractivity contribution in [3.63, 3.8) is 0 Å². The van der Waals surface area contributed by atoms with E-state index in [1.807, 2.05) is 5.43 Å². The van der Waals surface area contributed by atoms with Crippen molar-refractivity contribution in [1.29, 1.82) is 0 Å². The minimum atomic E-state index is -0.717. The summed E-state index contributed by atoms with van der Waals surface area (Å²) in [6.45, 7) is 10.3. The Morgan fingerprint density at radius 1 is 0.524 bits per heavy atom. The van der Waals surface area contributed by atoms with E-state index in [4.69, 9.17) is 54.2 Å². The molecule has 0 radical (unpaired) electrons. The molecule has 1 unspecified atom stereocenters. The molecule has 3 amide bonds. The van der Waals surface area contributed by atoms with Crippen LogP contribution >= 0.6 is 0 Å². The number of rotatable bonds is 32. The third kappa shape index (κ3) is 28.1. The van der Waals surface area contributed by atoms with Gasteiger partial charge in [0, 0.05) is 13.2 Å². The zero-order valence-corrected chi connectivity index (χ0v) is 25.1. The maximum atomic E-state index is 11.8. The maximum Gasteiger partial charge on any atom is 0.259 e. The third-order valence-electron chi connectivity index (χ3n) is 5.10. The van der Waals surface area contributed by atoms with E-state index in [0.29, 0.717) is 106 Å². The number of hydrogen-bond acceptors (Lipinski definition) is 13. The maximum absolute atomic E-state index is 11.8. The van der Waals surface area contributed by atoms with Crippen LogP contribution < -0.4 is 22.3 Å². The Balaban J connectivity index is 3.21. The van der Waals surface area contributed by atoms with Gasteiger partial charge in [0.05, 0.1) is 92.5 Å². The summed E-state index contributed by atoms with van der Waals surface area (Å²) in [5.41, 5.74) is 7.25. The third-order valence-corrected chi connectivity index (χ3v) is 5.10. The Kier molecular flexibility index (Phi) is 29.0. The number of primary amides is 1. The van der Waals surface area contributed by atoms with E-state index >= 15 is 0 Å². The fourth-order valence-corrected chi connectivity index (χ4v) is 2.96. The monoisotopic (exact) mass is 612 g/mol. The Morgan fingerprint density at radius 2 is 0.833 bits per heavy atom. The summed E-state index contributed by atoms with van der Waals surface area (Å²) in [4.78, 5) is 33.9. The predicted octanol–water partition coefficient (Wildman–Crippen LogP) is -1.86. The molecule has 0 bridgehead atoms. The van der Waals surface area contributed by atoms with E-state index in [1.165, 1.54) is 0 Å². The zero-order chi connectivity index (χ0) is 31.1. The van der Waals surface area contributed by atoms with Gasteiger partial charge in [0.2, 0.25) is 11.8 Å². The van der Waals surface area contributed by atoms with Gasteiger partial charge in [-0.2, -0.15) is 0 Å². The van der Waals surface area contributed by atoms with Crippen LogP contribution in [0.2, 0.25) is 0 Å². The highest BCUT2D eigenvalue weighted by Crippen LogP contribution is 2.00. The molecule has 0 aliphatic heterocycles. The molecular weight excluding hydrogens is 560 g/mol. The molecule has 6 N–H and O–H groups in total. The van der Waals surface area contributed by atoms with Crippen LogP contribution in [0.3, 0.4) is 0 Å². The van der Waals surface area contributed by atoms with Gasteiger partial charge >= 0.3 is 0 Å². The van der Waals surface area contributed by atoms with E-state index in [0.717, 1.165) is 0 Å². The fourth-order valence-electron chi connectivity index (χ4n) is 2.96. The second-order valence-electron chi connectivity index (χ2n) is 9.00. The molecule has 0 aromatic rings. The molecule has 0 saturated carbocycles. The molecule has 248 valence electrons. The van der Waals surface area contributed by atoms with Crippen LogP contribution in [-0.2, 0) is 57.0 Å². The van der Waals surface area contributed by atoms with Gasteiger partial charge in [-0.15, -0.1) is 0 Å². The van der Waals surface area contributed by atoms with Crippen molar-refractivity contribution in [2.24, 2.45) is 17.5 Å². The highest BCUT2D eigenvalue weighted by atomic mass is 16.6. The van der Waals surface area contributed by atoms with Gasteiger partial charge in [0.25, 0.3) is 5.91 Å². The number of ether oxygens (including phenoxy) is 9. The molecule has 0 aromatic heterocycles. The predicted molar refractivity (Wildman–Crippen MR) is 150 cm³/mol. The molecule has 0 saturated heterocycles. The summed E-state index contributed by atoms with van der Waals surface area (Å²) < 4.78 is 48.2. The molecule has 0 spiro atoms. The first-order valence-electron chi connectivity index (χ1n) is 14.2. The zero-order valence-electron chi connectivity index (χ0n) is 25.1. The Bertz CT molecular complexity index is 661. The summed E-state index contributed by atoms with van der Waals surface area (Å²) in [5, 5.41) is 2.55. The summed E-state index contributed by atoms with van der Waals surface area (Å²) in [6, 6.07) is -0.717. The van der Waals surface area contributed by atoms with Crippen LogP contribution in [-0.4, -0.2) is 143 Å². The average Bonchev–Trinajstić information content (AvgIpc) is 2.96. The van der Waals surface area contributed by atoms with Crippen molar-refractivity contribution in [2.75, 3.05) is 119 Å². The number of amides is 3. The molecule has 42 heavy (non-hydrogen) atoms. The van der Waals surface area contributed by atoms with Gasteiger partial charge in [-0.05, 0) is 12.3 Å². The number of nitrogens with one attached hydrogen (secondary N) is 2. The Labute approximate surface area is 248 Å². The van der Waals surface area contributed by atoms with E-state index in [9.17, 15) is 14.4 Å². The first-order chi connectivity index (χ1) is 20.4. The molecule has 0 rings (SSSR count). The van der Waals surface area contributed by atoms with Crippen molar-refractivity contribution in [1.82, 2.24) is 10.7 Å². The van der Waals surface area contributed by atoms with E-state index < -0.39 is 17.9 Å². The molecular formula is C26H52N4O12. The molecule has 16 nitrogen and oxygen atoms in total. The SMILES string of the molecule is CC(C)C(NC(=O)COCCOCCOCCOCCOCCOCCOCCOCCCOCC(=O)NN)C(N)=O. The lowest BCUT2D eigenvalue weighted by molar-refractivity contribution is -0.131. The lowest BCUT2D eigenvalue weighted by Crippen LogP contribution is -2.48. The van der Waals surface area contributed by atoms with E-state index in [2.05, 4.69) is 5.32 Å². The molecule has 0 aliphatic carbocycles. The number of nitrogens with two attached hydrogens (primary N) is 2. The van der Waals surface area contributed by atoms with Crippen LogP contribution in [0.4, 0.5) is 0 Å². The number of carbonyl (C=O) groups is 3. The quantitative estimate of drug-likeness (QED) is 0.0285. The van der Waals surface area contributed by atoms with Gasteiger partial charge in [-0.1, -0.05) is 13.8 Å². The van der Waals surface area contributed by atoms with Crippen LogP contribution in [0.5, 0.6) is 0 Å². The van der Waals surface area contributed by atoms with Gasteiger partial charge in [-0.25, -0.2) is 5.84 Å². The first kappa shape index (κ1) is 40.0. The minimum Gasteiger partial charge on any atom is -0.379 e. The second-order valence-corrected chi connectivity index (χ2v) is 9.00. The highest BCUT2D eigenvalue weighted by molar-refractivity contribution is 5.87. The molecule has 1 atom stereocenters. The molecule has 0 aromatic carbocycles. The minimum absolute atomic E-state index is 0.0556. The van der Waals surface area contributed by atoms with Crippen LogP contribution in [0.15, 0.2) is 0 Å². The second kappa shape index (κ2) is 30.5. The Morgan fingerprint density at radius 3 is 1.19 bits per heavy atom. The largest absolute Gasteiger partial charge is 0.379 e. The van der Waals surface area contributed by atoms with Gasteiger partial charge in [0.1, 0.15) is 19.3 Å². The molecule has 0 aliphatic rings. The lowest BCUT2D eigenvalue weighted by Gasteiger charge is -2.18. The smallest absolute Gasteiger partial charge is 0.259 e. The first-order valence-corrected chi connectivity index (χ1v) is 14.2. The molecule has 16 heteroatoms. The standard InChI is InChI=1S/C26H52N4O12/c1-22(2)25(26(27)33)29-23(31)20-42-19-18-40-17-16-39-15-14-38-13-12-37-11-10-36-9-8-35-7-6-34-4-3-5-41-21-24(32)30-28/h22,25H,3-21,28H2,1-2H3,(H2,27,33)(H,29,31)(H,30,32). The van der Waals surface area contributed by atoms with Crippen LogP contribution in [0.25, 0.3) is 0 Å². The number of carbonyl (C=O) groups excluding carboxylic acids is 3. The summed E-state index contributed by atoms with van der Waals surface area (Å²) in [5.74, 6) is 3.50. The van der Waals surface area contributed by atoms with Gasteiger partial charge < -0.3 is 53.7 Å². The summed E-state index contributed by atoms with van der Waals surface area (Å²) in [6.07, 6.45) is 0.681. The number of hydrazine groups is 1. The van der Waals surface area contributed by atoms with E-state index in [1.54, 1.807) is 13.8 Å². The summed E-state index contributed by atoms with van der Waals surface area (Å²) in [7, 11) is 0. The molecule has 0 heterocycles. The van der Waals surface area contributed by atoms with Crippen molar-refractivity contribution in [3.8, 4) is 0 Å². The lowest BCUT2D eigenvalue weighted by atomic mass is 10.0. The van der Waals surface area contributed by atoms with Gasteiger partial charge in [0.15, 0.2) is 0 Å². The Hall–Kier alpha value is -1.99. The summed E-state index contributed by atoms with van der Waals surface area (Å²) >= 11 is 0. The van der Waals surface area contributed by atoms with Gasteiger partial charge in [-0.3, -0.25) is 19.8 Å². The fraction of sp³-hybridized carbons (Fsp3) is 0.885. The average molecular weight is 613 g/mol. The van der Waals surface area contributed by atoms with Crippen molar-refractivity contribution >= 4 is 17.7 Å². The number of hydrogen-bond donors (Lipinski definition) is 4. The van der Waals surface area contributed by atoms with Crippen molar-refractivity contribution < 1.29 is 57.0 Å². The van der Waals surface area contributed by atoms with Crippen molar-refractivity contribution in [2.45, 2.75) is 26.3 Å². The highest BCUT2D eigenvalue weighted by Gasteiger charge is 2.21. The topological polar surface area (TPSA) is 210 Å². The normalized spacial score (nSPS) is 12.0. The van der Waals surface area contributed by atoms with Crippen molar-refractivity contribution in [3.05, 3.63) is 0 Å². The van der Waals surface area contributed by atoms with Crippen LogP contribution in [0, 0.1) is 5.92 Å². The molecule has 0 fully saturated rings.